The summed E-state index contributed by atoms with van der Waals surface area (Å²) >= 11 is 0. The highest BCUT2D eigenvalue weighted by Crippen LogP contribution is 2.40. The molecule has 0 spiro atoms. The van der Waals surface area contributed by atoms with Crippen molar-refractivity contribution < 1.29 is 28.2 Å². The molecule has 0 radical (unpaired) electrons. The van der Waals surface area contributed by atoms with Crippen molar-refractivity contribution >= 4 is 56.0 Å². The maximum atomic E-state index is 17.0. The SMILES string of the molecule is C#Cc1c(F)ccc2cc(O)cc(-c3ncc4c(N5CC6CCC(C5)N6)nc(OCCN5CCN(CC6CCN(CC7CCN(c8ccc9c(c8)n(C)c(=O)n9C8CCC(=O)NC8=O)CC7)CC6)CC5)nc4c3F)c12. The van der Waals surface area contributed by atoms with Crippen LogP contribution in [0.5, 0.6) is 11.8 Å². The van der Waals surface area contributed by atoms with E-state index in [1.165, 1.54) is 41.7 Å². The molecule has 3 N–H and O–H groups in total. The summed E-state index contributed by atoms with van der Waals surface area (Å²) in [5.41, 5.74) is 2.40. The lowest BCUT2D eigenvalue weighted by Crippen LogP contribution is -2.51. The van der Waals surface area contributed by atoms with E-state index in [2.05, 4.69) is 63.2 Å². The van der Waals surface area contributed by atoms with Crippen LogP contribution in [0.25, 0.3) is 44.0 Å². The molecule has 9 heterocycles. The minimum Gasteiger partial charge on any atom is -0.508 e. The first-order valence-corrected chi connectivity index (χ1v) is 26.8. The molecule has 3 aromatic carbocycles. The van der Waals surface area contributed by atoms with Crippen LogP contribution in [0.2, 0.25) is 0 Å². The number of rotatable bonds is 12. The van der Waals surface area contributed by atoms with E-state index in [0.717, 1.165) is 102 Å². The highest BCUT2D eigenvalue weighted by molar-refractivity contribution is 6.03. The van der Waals surface area contributed by atoms with Crippen molar-refractivity contribution in [3.63, 3.8) is 0 Å². The van der Waals surface area contributed by atoms with Gasteiger partial charge in [-0.05, 0) is 112 Å². The zero-order valence-electron chi connectivity index (χ0n) is 42.4. The number of ether oxygens (including phenoxy) is 1. The van der Waals surface area contributed by atoms with E-state index < -0.39 is 23.6 Å². The quantitative estimate of drug-likeness (QED) is 0.111. The highest BCUT2D eigenvalue weighted by atomic mass is 19.1. The Morgan fingerprint density at radius 3 is 2.23 bits per heavy atom. The first-order chi connectivity index (χ1) is 36.4. The first-order valence-electron chi connectivity index (χ1n) is 26.8. The summed E-state index contributed by atoms with van der Waals surface area (Å²) < 4.78 is 41.5. The fourth-order valence-corrected chi connectivity index (χ4v) is 12.9. The Morgan fingerprint density at radius 2 is 1.51 bits per heavy atom. The zero-order valence-corrected chi connectivity index (χ0v) is 42.4. The predicted octanol–water partition coefficient (Wildman–Crippen LogP) is 5.01. The van der Waals surface area contributed by atoms with Crippen LogP contribution in [0.15, 0.2) is 53.5 Å². The molecule has 19 heteroatoms. The molecule has 2 bridgehead atoms. The van der Waals surface area contributed by atoms with Crippen LogP contribution >= 0.6 is 0 Å². The molecule has 0 aliphatic carbocycles. The molecule has 3 aromatic heterocycles. The zero-order chi connectivity index (χ0) is 51.5. The number of phenolic OH excluding ortho intramolecular Hbond substituents is 1. The van der Waals surface area contributed by atoms with Crippen molar-refractivity contribution in [2.45, 2.75) is 69.5 Å². The Balaban J connectivity index is 0.625. The summed E-state index contributed by atoms with van der Waals surface area (Å²) in [6, 6.07) is 11.6. The molecule has 6 aliphatic heterocycles. The lowest BCUT2D eigenvalue weighted by atomic mass is 9.92. The molecule has 6 aliphatic rings. The standard InChI is InChI=1S/C56H64F2N12O5/c1-3-41-44(57)8-4-36-26-40(71)28-42(49(36)41)51-50(58)52-43(29-59-51)53(69-32-37-5-6-38(33-69)60-37)63-55(62-52)75-25-24-65-20-22-67(23-21-65)31-34-12-16-66(17-13-34)30-35-14-18-68(19-15-35)39-7-9-45-47(27-39)64(2)56(74)70(45)46-10-11-48(72)61-54(46)73/h1,4,7-9,26-29,34-35,37-38,46,60,71H,5-6,10-25,30-33H2,2H3,(H,61,72,73). The number of terminal acetylenes is 1. The number of halogens is 2. The normalized spacial score (nSPS) is 22.7. The molecule has 3 unspecified atom stereocenters. The van der Waals surface area contributed by atoms with Crippen molar-refractivity contribution in [2.24, 2.45) is 18.9 Å². The fraction of sp³-hybridized carbons (Fsp3) is 0.500. The van der Waals surface area contributed by atoms with E-state index in [4.69, 9.17) is 16.1 Å². The van der Waals surface area contributed by atoms with Gasteiger partial charge in [-0.15, -0.1) is 6.42 Å². The third-order valence-corrected chi connectivity index (χ3v) is 17.0. The van der Waals surface area contributed by atoms with Crippen LogP contribution in [0, 0.1) is 35.8 Å². The van der Waals surface area contributed by atoms with Crippen molar-refractivity contribution in [1.29, 1.82) is 0 Å². The van der Waals surface area contributed by atoms with Crippen molar-refractivity contribution in [1.82, 2.24) is 49.4 Å². The van der Waals surface area contributed by atoms with E-state index in [1.54, 1.807) is 17.8 Å². The minimum atomic E-state index is -0.733. The van der Waals surface area contributed by atoms with Gasteiger partial charge in [0.1, 0.15) is 41.2 Å². The van der Waals surface area contributed by atoms with E-state index in [-0.39, 0.29) is 57.5 Å². The molecule has 392 valence electrons. The molecular formula is C56H64F2N12O5. The van der Waals surface area contributed by atoms with Gasteiger partial charge in [0, 0.05) is 120 Å². The number of aryl methyl sites for hydroxylation is 1. The number of nitrogens with zero attached hydrogens (tertiary/aromatic N) is 10. The van der Waals surface area contributed by atoms with E-state index in [9.17, 15) is 19.5 Å². The first kappa shape index (κ1) is 49.2. The van der Waals surface area contributed by atoms with Gasteiger partial charge in [-0.2, -0.15) is 9.97 Å². The fourth-order valence-electron chi connectivity index (χ4n) is 12.9. The number of aromatic hydroxyl groups is 1. The smallest absolute Gasteiger partial charge is 0.329 e. The van der Waals surface area contributed by atoms with Gasteiger partial charge in [-0.25, -0.2) is 13.6 Å². The number of piperazine rings is 2. The Hall–Kier alpha value is -6.72. The topological polar surface area (TPSA) is 169 Å². The molecule has 12 rings (SSSR count). The molecule has 3 atom stereocenters. The molecular weight excluding hydrogens is 959 g/mol. The maximum absolute atomic E-state index is 17.0. The number of carbonyl (C=O) groups excluding carboxylic acids is 2. The molecule has 2 amide bonds. The average Bonchev–Trinajstić information content (AvgIpc) is 3.89. The van der Waals surface area contributed by atoms with Gasteiger partial charge in [-0.3, -0.25) is 33.9 Å². The van der Waals surface area contributed by atoms with E-state index >= 15 is 8.78 Å². The number of benzene rings is 3. The predicted molar refractivity (Wildman–Crippen MR) is 283 cm³/mol. The number of piperidine rings is 3. The number of phenols is 1. The van der Waals surface area contributed by atoms with Gasteiger partial charge < -0.3 is 34.8 Å². The van der Waals surface area contributed by atoms with Crippen molar-refractivity contribution in [3.8, 4) is 35.4 Å². The molecule has 6 saturated heterocycles. The summed E-state index contributed by atoms with van der Waals surface area (Å²) in [5.74, 6) is 2.09. The van der Waals surface area contributed by atoms with Gasteiger partial charge in [0.15, 0.2) is 5.82 Å². The number of anilines is 2. The van der Waals surface area contributed by atoms with Gasteiger partial charge in [0.2, 0.25) is 11.8 Å². The number of carbonyl (C=O) groups is 2. The summed E-state index contributed by atoms with van der Waals surface area (Å²) in [7, 11) is 1.74. The Morgan fingerprint density at radius 1 is 0.800 bits per heavy atom. The number of pyridine rings is 1. The maximum Gasteiger partial charge on any atom is 0.329 e. The van der Waals surface area contributed by atoms with Crippen LogP contribution in [-0.2, 0) is 16.6 Å². The lowest BCUT2D eigenvalue weighted by molar-refractivity contribution is -0.135. The van der Waals surface area contributed by atoms with Crippen LogP contribution in [0.3, 0.4) is 0 Å². The van der Waals surface area contributed by atoms with Crippen molar-refractivity contribution in [3.05, 3.63) is 76.3 Å². The van der Waals surface area contributed by atoms with Crippen LogP contribution in [0.1, 0.15) is 63.0 Å². The Bertz CT molecular complexity index is 3290. The third kappa shape index (κ3) is 9.66. The number of imidazole rings is 1. The minimum absolute atomic E-state index is 0.0340. The summed E-state index contributed by atoms with van der Waals surface area (Å²) in [5, 5.41) is 17.9. The molecule has 0 saturated carbocycles. The van der Waals surface area contributed by atoms with Gasteiger partial charge in [0.25, 0.3) is 0 Å². The van der Waals surface area contributed by atoms with Crippen LogP contribution in [0.4, 0.5) is 20.3 Å². The Kier molecular flexibility index (Phi) is 13.4. The second-order valence-electron chi connectivity index (χ2n) is 21.7. The summed E-state index contributed by atoms with van der Waals surface area (Å²) in [6.45, 7) is 12.7. The number of nitrogens with one attached hydrogen (secondary N) is 2. The number of fused-ring (bicyclic) bond motifs is 5. The largest absolute Gasteiger partial charge is 0.508 e. The number of aromatic nitrogens is 5. The number of amides is 2. The van der Waals surface area contributed by atoms with E-state index in [1.807, 2.05) is 6.07 Å². The monoisotopic (exact) mass is 1020 g/mol. The lowest BCUT2D eigenvalue weighted by Gasteiger charge is -2.40. The molecule has 75 heavy (non-hydrogen) atoms. The van der Waals surface area contributed by atoms with Crippen LogP contribution < -0.4 is 30.9 Å². The van der Waals surface area contributed by atoms with Crippen LogP contribution in [-0.4, -0.2) is 159 Å². The third-order valence-electron chi connectivity index (χ3n) is 17.0. The van der Waals surface area contributed by atoms with Gasteiger partial charge in [-0.1, -0.05) is 12.0 Å². The number of hydrogen-bond acceptors (Lipinski definition) is 14. The average molecular weight is 1020 g/mol. The molecule has 6 fully saturated rings. The second kappa shape index (κ2) is 20.4. The Labute approximate surface area is 433 Å². The number of imide groups is 1. The highest BCUT2D eigenvalue weighted by Gasteiger charge is 2.36. The molecule has 6 aromatic rings. The summed E-state index contributed by atoms with van der Waals surface area (Å²) in [6.07, 6.45) is 14.6. The van der Waals surface area contributed by atoms with Gasteiger partial charge >= 0.3 is 11.7 Å². The summed E-state index contributed by atoms with van der Waals surface area (Å²) in [4.78, 5) is 64.1. The number of hydrogen-bond donors (Lipinski definition) is 3. The second-order valence-corrected chi connectivity index (χ2v) is 21.7. The van der Waals surface area contributed by atoms with Gasteiger partial charge in [0.05, 0.1) is 22.0 Å². The van der Waals surface area contributed by atoms with Crippen molar-refractivity contribution in [2.75, 3.05) is 101 Å². The van der Waals surface area contributed by atoms with E-state index in [0.29, 0.717) is 78.7 Å². The molecule has 17 nitrogen and oxygen atoms in total. The number of likely N-dealkylation sites (tertiary alicyclic amines) is 1.